The number of aliphatic hydroxyl groups is 1. The van der Waals surface area contributed by atoms with Crippen molar-refractivity contribution in [3.63, 3.8) is 0 Å². The Bertz CT molecular complexity index is 928. The van der Waals surface area contributed by atoms with E-state index in [0.717, 1.165) is 23.5 Å². The van der Waals surface area contributed by atoms with Crippen LogP contribution in [-0.2, 0) is 16.6 Å². The SMILES string of the molecule is Cc1nn(C)c(C)c1C(O)=C1C(=O)C(=O)N(CCCN(C)C)C1c1cccs1. The van der Waals surface area contributed by atoms with Crippen LogP contribution in [0.4, 0.5) is 0 Å². The molecule has 0 bridgehead atoms. The molecular formula is C20H26N4O3S. The van der Waals surface area contributed by atoms with Gasteiger partial charge in [0.15, 0.2) is 0 Å². The van der Waals surface area contributed by atoms with E-state index in [2.05, 4.69) is 5.10 Å². The monoisotopic (exact) mass is 402 g/mol. The molecule has 2 aromatic heterocycles. The lowest BCUT2D eigenvalue weighted by atomic mass is 9.99. The second-order valence-electron chi connectivity index (χ2n) is 7.33. The lowest BCUT2D eigenvalue weighted by Gasteiger charge is -2.24. The number of likely N-dealkylation sites (tertiary alicyclic amines) is 1. The van der Waals surface area contributed by atoms with Gasteiger partial charge in [-0.25, -0.2) is 0 Å². The highest BCUT2D eigenvalue weighted by atomic mass is 32.1. The summed E-state index contributed by atoms with van der Waals surface area (Å²) in [6.45, 7) is 4.88. The van der Waals surface area contributed by atoms with Crippen molar-refractivity contribution >= 4 is 28.8 Å². The number of carbonyl (C=O) groups excluding carboxylic acids is 2. The Morgan fingerprint density at radius 1 is 1.32 bits per heavy atom. The van der Waals surface area contributed by atoms with Crippen molar-refractivity contribution in [2.45, 2.75) is 26.3 Å². The number of nitrogens with zero attached hydrogens (tertiary/aromatic N) is 4. The summed E-state index contributed by atoms with van der Waals surface area (Å²) in [6.07, 6.45) is 0.743. The largest absolute Gasteiger partial charge is 0.507 e. The van der Waals surface area contributed by atoms with Gasteiger partial charge in [0, 0.05) is 24.2 Å². The predicted molar refractivity (Wildman–Crippen MR) is 109 cm³/mol. The summed E-state index contributed by atoms with van der Waals surface area (Å²) in [5, 5.41) is 17.4. The highest BCUT2D eigenvalue weighted by Crippen LogP contribution is 2.41. The third-order valence-corrected chi connectivity index (χ3v) is 6.03. The first kappa shape index (κ1) is 20.3. The van der Waals surface area contributed by atoms with Crippen molar-refractivity contribution in [2.75, 3.05) is 27.2 Å². The zero-order chi connectivity index (χ0) is 20.6. The molecule has 7 nitrogen and oxygen atoms in total. The average Bonchev–Trinajstić information content (AvgIpc) is 3.29. The van der Waals surface area contributed by atoms with E-state index in [0.29, 0.717) is 17.8 Å². The first-order valence-corrected chi connectivity index (χ1v) is 10.1. The van der Waals surface area contributed by atoms with Crippen LogP contribution < -0.4 is 0 Å². The van der Waals surface area contributed by atoms with Gasteiger partial charge < -0.3 is 14.9 Å². The van der Waals surface area contributed by atoms with Crippen molar-refractivity contribution < 1.29 is 14.7 Å². The summed E-state index contributed by atoms with van der Waals surface area (Å²) in [6, 6.07) is 3.22. The Kier molecular flexibility index (Phi) is 5.71. The van der Waals surface area contributed by atoms with E-state index < -0.39 is 17.7 Å². The van der Waals surface area contributed by atoms with Gasteiger partial charge in [-0.2, -0.15) is 5.10 Å². The number of carbonyl (C=O) groups is 2. The molecule has 8 heteroatoms. The van der Waals surface area contributed by atoms with Crippen LogP contribution in [0.1, 0.15) is 34.3 Å². The number of hydrogen-bond donors (Lipinski definition) is 1. The van der Waals surface area contributed by atoms with Gasteiger partial charge in [0.05, 0.1) is 22.9 Å². The minimum Gasteiger partial charge on any atom is -0.507 e. The van der Waals surface area contributed by atoms with E-state index in [-0.39, 0.29) is 11.3 Å². The molecule has 0 radical (unpaired) electrons. The number of aromatic nitrogens is 2. The third-order valence-electron chi connectivity index (χ3n) is 5.10. The fraction of sp³-hybridized carbons (Fsp3) is 0.450. The van der Waals surface area contributed by atoms with Gasteiger partial charge >= 0.3 is 0 Å². The number of Topliss-reactive ketones (excluding diaryl/α,β-unsaturated/α-hetero) is 1. The molecule has 1 aliphatic heterocycles. The van der Waals surface area contributed by atoms with E-state index in [1.807, 2.05) is 43.4 Å². The fourth-order valence-electron chi connectivity index (χ4n) is 3.66. The van der Waals surface area contributed by atoms with Gasteiger partial charge in [0.25, 0.3) is 11.7 Å². The summed E-state index contributed by atoms with van der Waals surface area (Å²) in [5.74, 6) is -1.34. The summed E-state index contributed by atoms with van der Waals surface area (Å²) in [5.41, 5.74) is 2.05. The van der Waals surface area contributed by atoms with Crippen molar-refractivity contribution in [2.24, 2.45) is 7.05 Å². The van der Waals surface area contributed by atoms with Gasteiger partial charge in [-0.15, -0.1) is 11.3 Å². The van der Waals surface area contributed by atoms with E-state index in [4.69, 9.17) is 0 Å². The fourth-order valence-corrected chi connectivity index (χ4v) is 4.51. The topological polar surface area (TPSA) is 78.7 Å². The first-order valence-electron chi connectivity index (χ1n) is 9.21. The summed E-state index contributed by atoms with van der Waals surface area (Å²) in [4.78, 5) is 30.2. The lowest BCUT2D eigenvalue weighted by Crippen LogP contribution is -2.32. The molecule has 1 saturated heterocycles. The molecule has 1 unspecified atom stereocenters. The number of rotatable bonds is 6. The van der Waals surface area contributed by atoms with E-state index in [1.54, 1.807) is 23.6 Å². The van der Waals surface area contributed by atoms with Crippen LogP contribution in [0.15, 0.2) is 23.1 Å². The quantitative estimate of drug-likeness (QED) is 0.456. The third kappa shape index (κ3) is 3.49. The minimum atomic E-state index is -0.636. The molecule has 0 saturated carbocycles. The highest BCUT2D eigenvalue weighted by molar-refractivity contribution is 7.10. The maximum absolute atomic E-state index is 12.9. The standard InChI is InChI=1S/C20H26N4O3S/c1-12-15(13(2)23(5)21-12)18(25)16-17(14-8-6-11-28-14)24(20(27)19(16)26)10-7-9-22(3)4/h6,8,11,17,25H,7,9-10H2,1-5H3. The molecule has 0 aromatic carbocycles. The van der Waals surface area contributed by atoms with Gasteiger partial charge in [0.2, 0.25) is 0 Å². The molecule has 150 valence electrons. The van der Waals surface area contributed by atoms with E-state index >= 15 is 0 Å². The first-order chi connectivity index (χ1) is 13.2. The van der Waals surface area contributed by atoms with Gasteiger partial charge in [-0.05, 0) is 52.4 Å². The molecular weight excluding hydrogens is 376 g/mol. The van der Waals surface area contributed by atoms with Crippen LogP contribution in [-0.4, -0.2) is 63.6 Å². The summed E-state index contributed by atoms with van der Waals surface area (Å²) in [7, 11) is 5.73. The molecule has 1 atom stereocenters. The second kappa shape index (κ2) is 7.89. The number of thiophene rings is 1. The van der Waals surface area contributed by atoms with Gasteiger partial charge in [-0.3, -0.25) is 14.3 Å². The van der Waals surface area contributed by atoms with Crippen LogP contribution in [0.2, 0.25) is 0 Å². The lowest BCUT2D eigenvalue weighted by molar-refractivity contribution is -0.139. The van der Waals surface area contributed by atoms with Crippen molar-refractivity contribution in [3.8, 4) is 0 Å². The zero-order valence-electron chi connectivity index (χ0n) is 16.9. The smallest absolute Gasteiger partial charge is 0.295 e. The Morgan fingerprint density at radius 3 is 2.57 bits per heavy atom. The maximum atomic E-state index is 12.9. The molecule has 1 aliphatic rings. The minimum absolute atomic E-state index is 0.144. The molecule has 1 amide bonds. The molecule has 1 N–H and O–H groups in total. The molecule has 1 fully saturated rings. The zero-order valence-corrected chi connectivity index (χ0v) is 17.7. The Hall–Kier alpha value is -2.45. The van der Waals surface area contributed by atoms with Crippen LogP contribution in [0, 0.1) is 13.8 Å². The molecule has 0 aliphatic carbocycles. The number of ketones is 1. The normalized spacial score (nSPS) is 19.2. The van der Waals surface area contributed by atoms with Crippen LogP contribution in [0.3, 0.4) is 0 Å². The predicted octanol–water partition coefficient (Wildman–Crippen LogP) is 2.47. The van der Waals surface area contributed by atoms with Crippen LogP contribution >= 0.6 is 11.3 Å². The molecule has 3 heterocycles. The van der Waals surface area contributed by atoms with Crippen molar-refractivity contribution in [1.82, 2.24) is 19.6 Å². The van der Waals surface area contributed by atoms with Gasteiger partial charge in [0.1, 0.15) is 5.76 Å². The summed E-state index contributed by atoms with van der Waals surface area (Å²) < 4.78 is 1.66. The number of amides is 1. The number of aliphatic hydroxyl groups excluding tert-OH is 1. The number of aryl methyl sites for hydroxylation is 2. The van der Waals surface area contributed by atoms with Crippen LogP contribution in [0.25, 0.3) is 5.76 Å². The number of hydrogen-bond acceptors (Lipinski definition) is 6. The Balaban J connectivity index is 2.10. The Labute approximate surface area is 168 Å². The molecule has 0 spiro atoms. The van der Waals surface area contributed by atoms with E-state index in [9.17, 15) is 14.7 Å². The molecule has 3 rings (SSSR count). The Morgan fingerprint density at radius 2 is 2.04 bits per heavy atom. The van der Waals surface area contributed by atoms with Crippen LogP contribution in [0.5, 0.6) is 0 Å². The average molecular weight is 403 g/mol. The molecule has 2 aromatic rings. The van der Waals surface area contributed by atoms with Crippen molar-refractivity contribution in [1.29, 1.82) is 0 Å². The molecule has 28 heavy (non-hydrogen) atoms. The van der Waals surface area contributed by atoms with Gasteiger partial charge in [-0.1, -0.05) is 6.07 Å². The maximum Gasteiger partial charge on any atom is 0.295 e. The summed E-state index contributed by atoms with van der Waals surface area (Å²) >= 11 is 1.48. The second-order valence-corrected chi connectivity index (χ2v) is 8.31. The van der Waals surface area contributed by atoms with Crippen molar-refractivity contribution in [3.05, 3.63) is 44.9 Å². The van der Waals surface area contributed by atoms with E-state index in [1.165, 1.54) is 11.3 Å². The highest BCUT2D eigenvalue weighted by Gasteiger charge is 2.46.